The summed E-state index contributed by atoms with van der Waals surface area (Å²) in [6, 6.07) is 11.1. The van der Waals surface area contributed by atoms with Crippen molar-refractivity contribution in [3.05, 3.63) is 76.6 Å². The minimum Gasteiger partial charge on any atom is -0.319 e. The van der Waals surface area contributed by atoms with E-state index in [1.54, 1.807) is 29.8 Å². The van der Waals surface area contributed by atoms with Gasteiger partial charge in [0.05, 0.1) is 21.9 Å². The third kappa shape index (κ3) is 3.08. The zero-order chi connectivity index (χ0) is 19.1. The lowest BCUT2D eigenvalue weighted by molar-refractivity contribution is 0.103. The summed E-state index contributed by atoms with van der Waals surface area (Å²) in [7, 11) is 0. The number of benzene rings is 2. The Morgan fingerprint density at radius 1 is 1.11 bits per heavy atom. The van der Waals surface area contributed by atoms with E-state index < -0.39 is 17.5 Å². The van der Waals surface area contributed by atoms with Crippen LogP contribution in [0.1, 0.15) is 15.4 Å². The van der Waals surface area contributed by atoms with E-state index in [9.17, 15) is 18.0 Å². The smallest absolute Gasteiger partial charge is 0.265 e. The number of carbonyl (C=O) groups is 1. The molecule has 4 rings (SSSR count). The van der Waals surface area contributed by atoms with E-state index in [2.05, 4.69) is 10.4 Å². The molecular formula is C19H12F3N3OS. The molecule has 136 valence electrons. The highest BCUT2D eigenvalue weighted by Crippen LogP contribution is 2.31. The van der Waals surface area contributed by atoms with E-state index >= 15 is 0 Å². The van der Waals surface area contributed by atoms with Gasteiger partial charge in [-0.15, -0.1) is 11.3 Å². The minimum absolute atomic E-state index is 0.227. The molecule has 1 N–H and O–H groups in total. The number of hydrogen-bond acceptors (Lipinski definition) is 3. The Bertz CT molecular complexity index is 1170. The van der Waals surface area contributed by atoms with Crippen LogP contribution in [0.5, 0.6) is 0 Å². The summed E-state index contributed by atoms with van der Waals surface area (Å²) in [5, 5.41) is 7.56. The second kappa shape index (κ2) is 6.55. The molecule has 4 aromatic rings. The second-order valence-electron chi connectivity index (χ2n) is 5.86. The van der Waals surface area contributed by atoms with Crippen molar-refractivity contribution in [3.8, 4) is 5.69 Å². The van der Waals surface area contributed by atoms with Crippen LogP contribution in [0, 0.1) is 24.4 Å². The van der Waals surface area contributed by atoms with Crippen molar-refractivity contribution >= 4 is 33.1 Å². The number of nitrogens with zero attached hydrogens (tertiary/aromatic N) is 2. The van der Waals surface area contributed by atoms with Crippen LogP contribution in [0.4, 0.5) is 18.9 Å². The molecule has 0 aliphatic heterocycles. The number of carbonyl (C=O) groups excluding carboxylic acids is 1. The Kier molecular flexibility index (Phi) is 4.19. The van der Waals surface area contributed by atoms with Gasteiger partial charge in [0.2, 0.25) is 0 Å². The van der Waals surface area contributed by atoms with Crippen molar-refractivity contribution in [3.63, 3.8) is 0 Å². The SMILES string of the molecule is Cc1nn(-c2ccc(F)cc2)c2sc(C(=O)Nc3cccc(F)c3F)cc12. The van der Waals surface area contributed by atoms with Crippen LogP contribution in [0.3, 0.4) is 0 Å². The van der Waals surface area contributed by atoms with Gasteiger partial charge in [-0.2, -0.15) is 5.10 Å². The molecule has 4 nitrogen and oxygen atoms in total. The van der Waals surface area contributed by atoms with E-state index in [1.807, 2.05) is 0 Å². The summed E-state index contributed by atoms with van der Waals surface area (Å²) in [5.41, 5.74) is 1.12. The Balaban J connectivity index is 1.71. The number of rotatable bonds is 3. The van der Waals surface area contributed by atoms with Gasteiger partial charge in [0.25, 0.3) is 5.91 Å². The van der Waals surface area contributed by atoms with E-state index in [4.69, 9.17) is 0 Å². The van der Waals surface area contributed by atoms with Crippen molar-refractivity contribution in [2.75, 3.05) is 5.32 Å². The first-order valence-corrected chi connectivity index (χ1v) is 8.76. The number of hydrogen-bond donors (Lipinski definition) is 1. The van der Waals surface area contributed by atoms with Gasteiger partial charge in [-0.3, -0.25) is 4.79 Å². The largest absolute Gasteiger partial charge is 0.319 e. The molecule has 0 fully saturated rings. The fourth-order valence-corrected chi connectivity index (χ4v) is 3.78. The monoisotopic (exact) mass is 387 g/mol. The maximum Gasteiger partial charge on any atom is 0.265 e. The molecule has 8 heteroatoms. The molecule has 0 spiro atoms. The summed E-state index contributed by atoms with van der Waals surface area (Å²) >= 11 is 1.16. The van der Waals surface area contributed by atoms with E-state index in [0.29, 0.717) is 21.1 Å². The Hall–Kier alpha value is -3.13. The lowest BCUT2D eigenvalue weighted by Crippen LogP contribution is -2.12. The van der Waals surface area contributed by atoms with Crippen molar-refractivity contribution in [2.45, 2.75) is 6.92 Å². The molecule has 0 atom stereocenters. The van der Waals surface area contributed by atoms with Gasteiger partial charge < -0.3 is 5.32 Å². The minimum atomic E-state index is -1.11. The average molecular weight is 387 g/mol. The number of halogens is 3. The zero-order valence-corrected chi connectivity index (χ0v) is 14.8. The number of aryl methyl sites for hydroxylation is 1. The van der Waals surface area contributed by atoms with E-state index in [-0.39, 0.29) is 11.5 Å². The molecule has 1 amide bonds. The predicted octanol–water partition coefficient (Wildman–Crippen LogP) is 5.07. The molecule has 0 saturated heterocycles. The van der Waals surface area contributed by atoms with Crippen LogP contribution in [0.15, 0.2) is 48.5 Å². The first-order valence-electron chi connectivity index (χ1n) is 7.94. The average Bonchev–Trinajstić information content (AvgIpc) is 3.21. The summed E-state index contributed by atoms with van der Waals surface area (Å²) in [6.07, 6.45) is 0. The molecule has 2 heterocycles. The van der Waals surface area contributed by atoms with Crippen LogP contribution in [-0.4, -0.2) is 15.7 Å². The summed E-state index contributed by atoms with van der Waals surface area (Å²) in [5.74, 6) is -3.06. The third-order valence-electron chi connectivity index (χ3n) is 4.04. The zero-order valence-electron chi connectivity index (χ0n) is 14.0. The topological polar surface area (TPSA) is 46.9 Å². The van der Waals surface area contributed by atoms with Gasteiger partial charge in [0, 0.05) is 5.39 Å². The van der Waals surface area contributed by atoms with Crippen LogP contribution in [0.25, 0.3) is 15.9 Å². The number of aromatic nitrogens is 2. The van der Waals surface area contributed by atoms with Crippen molar-refractivity contribution in [1.82, 2.24) is 9.78 Å². The van der Waals surface area contributed by atoms with Crippen LogP contribution in [0.2, 0.25) is 0 Å². The molecule has 0 aliphatic carbocycles. The highest BCUT2D eigenvalue weighted by atomic mass is 32.1. The lowest BCUT2D eigenvalue weighted by atomic mass is 10.2. The molecular weight excluding hydrogens is 375 g/mol. The van der Waals surface area contributed by atoms with Crippen molar-refractivity contribution < 1.29 is 18.0 Å². The van der Waals surface area contributed by atoms with Gasteiger partial charge in [-0.05, 0) is 49.4 Å². The number of fused-ring (bicyclic) bond motifs is 1. The fourth-order valence-electron chi connectivity index (χ4n) is 2.70. The highest BCUT2D eigenvalue weighted by Gasteiger charge is 2.19. The predicted molar refractivity (Wildman–Crippen MR) is 98.0 cm³/mol. The summed E-state index contributed by atoms with van der Waals surface area (Å²) in [4.78, 5) is 13.5. The molecule has 2 aromatic heterocycles. The standard InChI is InChI=1S/C19H12F3N3OS/c1-10-13-9-16(18(26)23-15-4-2-3-14(21)17(15)22)27-19(13)25(24-10)12-7-5-11(20)6-8-12/h2-9H,1H3,(H,23,26). The first-order chi connectivity index (χ1) is 12.9. The third-order valence-corrected chi connectivity index (χ3v) is 5.15. The van der Waals surface area contributed by atoms with Crippen molar-refractivity contribution in [1.29, 1.82) is 0 Å². The van der Waals surface area contributed by atoms with Gasteiger partial charge in [0.1, 0.15) is 10.6 Å². The number of anilines is 1. The second-order valence-corrected chi connectivity index (χ2v) is 6.89. The van der Waals surface area contributed by atoms with Crippen molar-refractivity contribution in [2.24, 2.45) is 0 Å². The maximum atomic E-state index is 13.8. The molecule has 0 aliphatic rings. The molecule has 0 saturated carbocycles. The number of thiophene rings is 1. The fraction of sp³-hybridized carbons (Fsp3) is 0.0526. The van der Waals surface area contributed by atoms with E-state index in [1.165, 1.54) is 24.3 Å². The lowest BCUT2D eigenvalue weighted by Gasteiger charge is -2.05. The molecule has 27 heavy (non-hydrogen) atoms. The summed E-state index contributed by atoms with van der Waals surface area (Å²) in [6.45, 7) is 1.79. The summed E-state index contributed by atoms with van der Waals surface area (Å²) < 4.78 is 41.9. The van der Waals surface area contributed by atoms with Gasteiger partial charge >= 0.3 is 0 Å². The quantitative estimate of drug-likeness (QED) is 0.534. The van der Waals surface area contributed by atoms with Gasteiger partial charge in [-0.1, -0.05) is 6.07 Å². The molecule has 0 unspecified atom stereocenters. The van der Waals surface area contributed by atoms with Gasteiger partial charge in [0.15, 0.2) is 11.6 Å². The molecule has 0 radical (unpaired) electrons. The molecule has 0 bridgehead atoms. The molecule has 2 aromatic carbocycles. The van der Waals surface area contributed by atoms with E-state index in [0.717, 1.165) is 22.8 Å². The van der Waals surface area contributed by atoms with Crippen LogP contribution in [-0.2, 0) is 0 Å². The maximum absolute atomic E-state index is 13.8. The van der Waals surface area contributed by atoms with Crippen LogP contribution >= 0.6 is 11.3 Å². The first kappa shape index (κ1) is 17.3. The van der Waals surface area contributed by atoms with Gasteiger partial charge in [-0.25, -0.2) is 17.9 Å². The Labute approximate surface area is 155 Å². The number of amides is 1. The number of nitrogens with one attached hydrogen (secondary N) is 1. The van der Waals surface area contributed by atoms with Crippen LogP contribution < -0.4 is 5.32 Å². The Morgan fingerprint density at radius 3 is 2.59 bits per heavy atom. The Morgan fingerprint density at radius 2 is 1.85 bits per heavy atom. The highest BCUT2D eigenvalue weighted by molar-refractivity contribution is 7.20. The normalized spacial score (nSPS) is 11.1.